The average Bonchev–Trinajstić information content (AvgIpc) is 2.85. The second kappa shape index (κ2) is 13.7. The summed E-state index contributed by atoms with van der Waals surface area (Å²) in [6.45, 7) is 44.3. The Hall–Kier alpha value is -2.32. The van der Waals surface area contributed by atoms with Crippen LogP contribution in [0.3, 0.4) is 0 Å². The van der Waals surface area contributed by atoms with E-state index in [1.165, 1.54) is 50.1 Å². The van der Waals surface area contributed by atoms with E-state index in [2.05, 4.69) is 173 Å². The maximum atomic E-state index is 6.53. The van der Waals surface area contributed by atoms with E-state index < -0.39 is 0 Å². The molecule has 0 fully saturated rings. The van der Waals surface area contributed by atoms with Gasteiger partial charge in [0.1, 0.15) is 0 Å². The van der Waals surface area contributed by atoms with Crippen molar-refractivity contribution in [2.45, 2.75) is 183 Å². The lowest BCUT2D eigenvalue weighted by Crippen LogP contribution is -2.26. The van der Waals surface area contributed by atoms with Crippen LogP contribution in [-0.2, 0) is 32.5 Å². The highest BCUT2D eigenvalue weighted by Gasteiger charge is 2.31. The Labute approximate surface area is 286 Å². The summed E-state index contributed by atoms with van der Waals surface area (Å²) in [7, 11) is 0. The number of allylic oxidation sites excluding steroid dienone is 1. The molecular weight excluding hydrogens is 556 g/mol. The first-order chi connectivity index (χ1) is 20.5. The van der Waals surface area contributed by atoms with E-state index in [9.17, 15) is 0 Å². The monoisotopic (exact) mass is 629 g/mol. The van der Waals surface area contributed by atoms with E-state index in [0.29, 0.717) is 0 Å². The van der Waals surface area contributed by atoms with Gasteiger partial charge in [-0.15, -0.1) is 0 Å². The number of benzene rings is 2. The summed E-state index contributed by atoms with van der Waals surface area (Å²) in [4.78, 5) is 0. The fourth-order valence-electron chi connectivity index (χ4n) is 6.16. The molecular formula is C44H72N2. The normalized spacial score (nSPS) is 14.6. The zero-order chi connectivity index (χ0) is 35.8. The van der Waals surface area contributed by atoms with Crippen LogP contribution >= 0.6 is 0 Å². The molecule has 0 aromatic heterocycles. The second-order valence-electron chi connectivity index (χ2n) is 19.9. The highest BCUT2D eigenvalue weighted by Crippen LogP contribution is 2.42. The Morgan fingerprint density at radius 3 is 1.07 bits per heavy atom. The van der Waals surface area contributed by atoms with Gasteiger partial charge in [-0.05, 0) is 108 Å². The van der Waals surface area contributed by atoms with Gasteiger partial charge < -0.3 is 5.43 Å². The molecule has 0 aliphatic carbocycles. The minimum atomic E-state index is -0.0400. The van der Waals surface area contributed by atoms with E-state index in [1.807, 2.05) is 0 Å². The molecule has 0 aliphatic heterocycles. The molecule has 2 heteroatoms. The molecule has 0 saturated heterocycles. The lowest BCUT2D eigenvalue weighted by Gasteiger charge is -2.34. The van der Waals surface area contributed by atoms with Gasteiger partial charge in [0, 0.05) is 0 Å². The number of nitrogens with two attached hydrogens (primary N) is 1. The number of hydrogen-bond acceptors (Lipinski definition) is 2. The lowest BCUT2D eigenvalue weighted by molar-refractivity contribution is 0.545. The molecule has 0 atom stereocenters. The van der Waals surface area contributed by atoms with Crippen molar-refractivity contribution in [2.75, 3.05) is 0 Å². The lowest BCUT2D eigenvalue weighted by atomic mass is 9.71. The van der Waals surface area contributed by atoms with Crippen LogP contribution in [0.4, 0.5) is 0 Å². The van der Waals surface area contributed by atoms with E-state index in [0.717, 1.165) is 25.0 Å². The van der Waals surface area contributed by atoms with Gasteiger partial charge in [0.05, 0.1) is 5.70 Å². The van der Waals surface area contributed by atoms with Gasteiger partial charge in [-0.2, -0.15) is 0 Å². The van der Waals surface area contributed by atoms with Crippen LogP contribution in [0.2, 0.25) is 0 Å². The first-order valence-electron chi connectivity index (χ1n) is 17.8. The number of hydrogen-bond donors (Lipinski definition) is 2. The fraction of sp³-hybridized carbons (Fsp3) is 0.636. The van der Waals surface area contributed by atoms with Gasteiger partial charge in [0.25, 0.3) is 0 Å². The van der Waals surface area contributed by atoms with Crippen molar-refractivity contribution in [3.05, 3.63) is 80.0 Å². The molecule has 2 aromatic carbocycles. The third-order valence-electron chi connectivity index (χ3n) is 9.23. The smallest absolute Gasteiger partial charge is 0.0523 e. The van der Waals surface area contributed by atoms with Gasteiger partial charge in [0.2, 0.25) is 0 Å². The van der Waals surface area contributed by atoms with Crippen molar-refractivity contribution in [3.8, 4) is 0 Å². The topological polar surface area (TPSA) is 38.0 Å². The molecule has 258 valence electrons. The molecule has 0 heterocycles. The van der Waals surface area contributed by atoms with Gasteiger partial charge in [0.15, 0.2) is 0 Å². The maximum absolute atomic E-state index is 6.53. The molecule has 0 amide bonds. The summed E-state index contributed by atoms with van der Waals surface area (Å²) in [6, 6.07) is 9.84. The molecule has 2 aromatic rings. The summed E-state index contributed by atoms with van der Waals surface area (Å²) < 4.78 is 0. The Morgan fingerprint density at radius 1 is 0.522 bits per heavy atom. The Bertz CT molecular complexity index is 1350. The van der Waals surface area contributed by atoms with Crippen molar-refractivity contribution in [2.24, 2.45) is 5.84 Å². The minimum Gasteiger partial charge on any atom is -0.324 e. The molecule has 0 bridgehead atoms. The highest BCUT2D eigenvalue weighted by molar-refractivity contribution is 5.73. The predicted octanol–water partition coefficient (Wildman–Crippen LogP) is 12.5. The summed E-state index contributed by atoms with van der Waals surface area (Å²) in [5, 5.41) is 0. The minimum absolute atomic E-state index is 0.0232. The SMILES string of the molecule is CCCCC(=Cc1c(C(C)(C)C)cc(C(C)(C)C)cc1C(C)(C)C)C(=Cc1c(C(C)(C)C)cc(C(C)(C)C)cc1C(C)(C)C)NN. The van der Waals surface area contributed by atoms with Crippen molar-refractivity contribution in [1.82, 2.24) is 5.43 Å². The van der Waals surface area contributed by atoms with Crippen molar-refractivity contribution in [3.63, 3.8) is 0 Å². The summed E-state index contributed by atoms with van der Waals surface area (Å²) >= 11 is 0. The molecule has 2 nitrogen and oxygen atoms in total. The molecule has 0 aliphatic rings. The van der Waals surface area contributed by atoms with Crippen LogP contribution in [0.5, 0.6) is 0 Å². The van der Waals surface area contributed by atoms with Crippen LogP contribution in [0.15, 0.2) is 35.5 Å². The summed E-state index contributed by atoms with van der Waals surface area (Å²) in [5.74, 6) is 6.53. The summed E-state index contributed by atoms with van der Waals surface area (Å²) in [6.07, 6.45) is 8.02. The Morgan fingerprint density at radius 2 is 0.826 bits per heavy atom. The van der Waals surface area contributed by atoms with Gasteiger partial charge in [-0.1, -0.05) is 162 Å². The first-order valence-corrected chi connectivity index (χ1v) is 17.8. The van der Waals surface area contributed by atoms with Crippen molar-refractivity contribution < 1.29 is 0 Å². The van der Waals surface area contributed by atoms with Crippen molar-refractivity contribution in [1.29, 1.82) is 0 Å². The molecule has 0 saturated carbocycles. The molecule has 46 heavy (non-hydrogen) atoms. The number of rotatable bonds is 7. The highest BCUT2D eigenvalue weighted by atomic mass is 15.2. The van der Waals surface area contributed by atoms with Gasteiger partial charge in [-0.3, -0.25) is 5.84 Å². The van der Waals surface area contributed by atoms with E-state index >= 15 is 0 Å². The number of hydrazine groups is 1. The molecule has 3 N–H and O–H groups in total. The third-order valence-corrected chi connectivity index (χ3v) is 9.23. The zero-order valence-corrected chi connectivity index (χ0v) is 33.7. The summed E-state index contributed by atoms with van der Waals surface area (Å²) in [5.41, 5.74) is 16.4. The molecule has 2 rings (SSSR count). The van der Waals surface area contributed by atoms with Gasteiger partial charge >= 0.3 is 0 Å². The Kier molecular flexibility index (Phi) is 11.8. The largest absolute Gasteiger partial charge is 0.324 e. The van der Waals surface area contributed by atoms with E-state index in [4.69, 9.17) is 5.84 Å². The molecule has 0 spiro atoms. The van der Waals surface area contributed by atoms with Crippen LogP contribution in [0.1, 0.15) is 195 Å². The number of unbranched alkanes of at least 4 members (excludes halogenated alkanes) is 1. The van der Waals surface area contributed by atoms with Crippen LogP contribution in [0.25, 0.3) is 12.2 Å². The van der Waals surface area contributed by atoms with Crippen LogP contribution in [0, 0.1) is 0 Å². The van der Waals surface area contributed by atoms with E-state index in [1.54, 1.807) is 0 Å². The zero-order valence-electron chi connectivity index (χ0n) is 33.7. The first kappa shape index (κ1) is 39.9. The van der Waals surface area contributed by atoms with E-state index in [-0.39, 0.29) is 32.5 Å². The molecule has 0 radical (unpaired) electrons. The van der Waals surface area contributed by atoms with Crippen molar-refractivity contribution >= 4 is 12.2 Å². The average molecular weight is 629 g/mol. The molecule has 0 unspecified atom stereocenters. The fourth-order valence-corrected chi connectivity index (χ4v) is 6.16. The van der Waals surface area contributed by atoms with Crippen LogP contribution < -0.4 is 11.3 Å². The Balaban J connectivity index is 3.19. The predicted molar refractivity (Wildman–Crippen MR) is 208 cm³/mol. The van der Waals surface area contributed by atoms with Crippen LogP contribution in [-0.4, -0.2) is 0 Å². The number of nitrogens with one attached hydrogen (secondary N) is 1. The van der Waals surface area contributed by atoms with Gasteiger partial charge in [-0.25, -0.2) is 0 Å². The quantitative estimate of drug-likeness (QED) is 0.182. The maximum Gasteiger partial charge on any atom is 0.0523 e. The third kappa shape index (κ3) is 9.85. The second-order valence-corrected chi connectivity index (χ2v) is 19.9. The standard InChI is InChI=1S/C44H72N2/c1-20-21-22-29(23-32-34(41(8,9)10)24-30(39(2,3)4)25-35(32)42(11,12)13)38(46-45)28-33-36(43(14,15)16)26-31(40(5,6)7)27-37(33)44(17,18)19/h23-28,46H,20-22,45H2,1-19H3.